The SMILES string of the molecule is Cc1ccccc1CS(=O)(=O)NCCc1c(CCCc2ccc(C(=O)O)cc2)c2cc(Cl)ccc2n1C(c1ccccc1)c1ccccc1. The van der Waals surface area contributed by atoms with Gasteiger partial charge in [0.25, 0.3) is 0 Å². The van der Waals surface area contributed by atoms with Gasteiger partial charge in [-0.25, -0.2) is 17.9 Å². The van der Waals surface area contributed by atoms with Crippen LogP contribution >= 0.6 is 11.6 Å². The average molecular weight is 691 g/mol. The topological polar surface area (TPSA) is 88.4 Å². The van der Waals surface area contributed by atoms with Gasteiger partial charge in [0.1, 0.15) is 0 Å². The van der Waals surface area contributed by atoms with Crippen molar-refractivity contribution in [2.24, 2.45) is 0 Å². The summed E-state index contributed by atoms with van der Waals surface area (Å²) >= 11 is 6.64. The van der Waals surface area contributed by atoms with Crippen molar-refractivity contribution in [1.29, 1.82) is 0 Å². The molecule has 0 aliphatic heterocycles. The van der Waals surface area contributed by atoms with Crippen molar-refractivity contribution >= 4 is 38.5 Å². The van der Waals surface area contributed by atoms with E-state index in [2.05, 4.69) is 39.6 Å². The third kappa shape index (κ3) is 8.14. The zero-order valence-corrected chi connectivity index (χ0v) is 28.9. The van der Waals surface area contributed by atoms with Gasteiger partial charge >= 0.3 is 5.97 Å². The summed E-state index contributed by atoms with van der Waals surface area (Å²) in [6.07, 6.45) is 2.77. The third-order valence-electron chi connectivity index (χ3n) is 9.05. The number of fused-ring (bicyclic) bond motifs is 1. The van der Waals surface area contributed by atoms with Crippen molar-refractivity contribution in [2.45, 2.75) is 44.4 Å². The number of sulfonamides is 1. The number of benzene rings is 5. The monoisotopic (exact) mass is 690 g/mol. The molecule has 49 heavy (non-hydrogen) atoms. The van der Waals surface area contributed by atoms with E-state index in [-0.39, 0.29) is 23.9 Å². The van der Waals surface area contributed by atoms with Gasteiger partial charge in [-0.15, -0.1) is 0 Å². The number of rotatable bonds is 14. The standard InChI is InChI=1S/C41H39ClN2O4S/c1-29-11-8-9-17-34(29)28-49(47,48)43-26-25-39-36(18-10-12-30-19-21-33(22-20-30)41(45)46)37-27-35(42)23-24-38(37)44(39)40(31-13-4-2-5-14-31)32-15-6-3-7-16-32/h2-9,11,13-17,19-24,27,40,43H,10,12,18,25-26,28H2,1H3,(H,45,46). The van der Waals surface area contributed by atoms with E-state index in [1.165, 1.54) is 0 Å². The van der Waals surface area contributed by atoms with Gasteiger partial charge in [0.05, 0.1) is 17.4 Å². The molecule has 1 aromatic heterocycles. The summed E-state index contributed by atoms with van der Waals surface area (Å²) in [6.45, 7) is 2.16. The van der Waals surface area contributed by atoms with Crippen LogP contribution in [-0.2, 0) is 35.0 Å². The molecule has 6 nitrogen and oxygen atoms in total. The molecule has 0 spiro atoms. The highest BCUT2D eigenvalue weighted by atomic mass is 35.5. The van der Waals surface area contributed by atoms with E-state index in [1.54, 1.807) is 12.1 Å². The van der Waals surface area contributed by atoms with Crippen LogP contribution < -0.4 is 4.72 Å². The maximum Gasteiger partial charge on any atom is 0.335 e. The number of aryl methyl sites for hydroxylation is 3. The molecule has 0 atom stereocenters. The molecule has 6 aromatic rings. The predicted molar refractivity (Wildman–Crippen MR) is 198 cm³/mol. The van der Waals surface area contributed by atoms with Gasteiger partial charge in [-0.2, -0.15) is 0 Å². The Bertz CT molecular complexity index is 2120. The van der Waals surface area contributed by atoms with E-state index in [4.69, 9.17) is 11.6 Å². The number of halogens is 1. The van der Waals surface area contributed by atoms with Crippen LogP contribution in [0.3, 0.4) is 0 Å². The summed E-state index contributed by atoms with van der Waals surface area (Å²) in [5, 5.41) is 11.0. The van der Waals surface area contributed by atoms with E-state index in [0.29, 0.717) is 11.4 Å². The molecular formula is C41H39ClN2O4S. The smallest absolute Gasteiger partial charge is 0.335 e. The number of nitrogens with zero attached hydrogens (tertiary/aromatic N) is 1. The summed E-state index contributed by atoms with van der Waals surface area (Å²) in [7, 11) is -3.60. The predicted octanol–water partition coefficient (Wildman–Crippen LogP) is 8.78. The van der Waals surface area contributed by atoms with Gasteiger partial charge in [0.15, 0.2) is 0 Å². The Morgan fingerprint density at radius 3 is 2.06 bits per heavy atom. The molecule has 250 valence electrons. The van der Waals surface area contributed by atoms with Crippen molar-refractivity contribution in [3.05, 3.63) is 177 Å². The second-order valence-electron chi connectivity index (χ2n) is 12.4. The molecule has 5 aromatic carbocycles. The Kier molecular flexibility index (Phi) is 10.6. The van der Waals surface area contributed by atoms with Crippen LogP contribution in [0.5, 0.6) is 0 Å². The van der Waals surface area contributed by atoms with Gasteiger partial charge in [0, 0.05) is 34.6 Å². The molecule has 0 amide bonds. The van der Waals surface area contributed by atoms with E-state index in [0.717, 1.165) is 69.2 Å². The fourth-order valence-electron chi connectivity index (χ4n) is 6.65. The average Bonchev–Trinajstić information content (AvgIpc) is 3.38. The van der Waals surface area contributed by atoms with Crippen molar-refractivity contribution in [3.8, 4) is 0 Å². The van der Waals surface area contributed by atoms with E-state index < -0.39 is 16.0 Å². The minimum atomic E-state index is -3.60. The number of carboxylic acids is 1. The third-order valence-corrected chi connectivity index (χ3v) is 10.6. The highest BCUT2D eigenvalue weighted by molar-refractivity contribution is 7.88. The number of hydrogen-bond donors (Lipinski definition) is 2. The Morgan fingerprint density at radius 1 is 0.796 bits per heavy atom. The number of carbonyl (C=O) groups is 1. The fourth-order valence-corrected chi connectivity index (χ4v) is 8.07. The van der Waals surface area contributed by atoms with Crippen LogP contribution in [0.2, 0.25) is 5.02 Å². The van der Waals surface area contributed by atoms with Crippen molar-refractivity contribution in [3.63, 3.8) is 0 Å². The molecule has 0 radical (unpaired) electrons. The van der Waals surface area contributed by atoms with E-state index in [9.17, 15) is 18.3 Å². The fraction of sp³-hybridized carbons (Fsp3) is 0.195. The minimum Gasteiger partial charge on any atom is -0.478 e. The van der Waals surface area contributed by atoms with Crippen LogP contribution in [0.15, 0.2) is 127 Å². The molecule has 0 bridgehead atoms. The number of aromatic nitrogens is 1. The molecule has 0 fully saturated rings. The lowest BCUT2D eigenvalue weighted by molar-refractivity contribution is 0.0697. The molecule has 8 heteroatoms. The molecule has 0 aliphatic carbocycles. The van der Waals surface area contributed by atoms with Gasteiger partial charge < -0.3 is 9.67 Å². The number of hydrogen-bond acceptors (Lipinski definition) is 3. The molecule has 0 saturated heterocycles. The van der Waals surface area contributed by atoms with Crippen LogP contribution in [0.25, 0.3) is 10.9 Å². The zero-order valence-electron chi connectivity index (χ0n) is 27.3. The molecular weight excluding hydrogens is 652 g/mol. The number of nitrogens with one attached hydrogen (secondary N) is 1. The molecule has 0 saturated carbocycles. The van der Waals surface area contributed by atoms with Crippen LogP contribution in [-0.4, -0.2) is 30.6 Å². The van der Waals surface area contributed by atoms with Gasteiger partial charge in [-0.1, -0.05) is 109 Å². The van der Waals surface area contributed by atoms with Crippen LogP contribution in [0, 0.1) is 6.92 Å². The summed E-state index contributed by atoms with van der Waals surface area (Å²) < 4.78 is 31.9. The maximum absolute atomic E-state index is 13.3. The zero-order chi connectivity index (χ0) is 34.4. The van der Waals surface area contributed by atoms with E-state index >= 15 is 0 Å². The Balaban J connectivity index is 1.40. The lowest BCUT2D eigenvalue weighted by Crippen LogP contribution is -2.28. The van der Waals surface area contributed by atoms with Crippen molar-refractivity contribution in [2.75, 3.05) is 6.54 Å². The summed E-state index contributed by atoms with van der Waals surface area (Å²) in [5.74, 6) is -1.02. The first kappa shape index (κ1) is 34.2. The Hall–Kier alpha value is -4.69. The normalized spacial score (nSPS) is 11.7. The summed E-state index contributed by atoms with van der Waals surface area (Å²) in [6, 6.07) is 41.1. The Morgan fingerprint density at radius 2 is 1.43 bits per heavy atom. The van der Waals surface area contributed by atoms with Crippen LogP contribution in [0.4, 0.5) is 0 Å². The lowest BCUT2D eigenvalue weighted by atomic mass is 9.97. The highest BCUT2D eigenvalue weighted by Gasteiger charge is 2.26. The first-order valence-electron chi connectivity index (χ1n) is 16.5. The van der Waals surface area contributed by atoms with Crippen molar-refractivity contribution in [1.82, 2.24) is 9.29 Å². The van der Waals surface area contributed by atoms with Gasteiger partial charge in [-0.3, -0.25) is 0 Å². The summed E-state index contributed by atoms with van der Waals surface area (Å²) in [5.41, 5.74) is 8.50. The summed E-state index contributed by atoms with van der Waals surface area (Å²) in [4.78, 5) is 11.4. The lowest BCUT2D eigenvalue weighted by Gasteiger charge is -2.25. The second kappa shape index (κ2) is 15.2. The van der Waals surface area contributed by atoms with Gasteiger partial charge in [0.2, 0.25) is 10.0 Å². The molecule has 0 aliphatic rings. The second-order valence-corrected chi connectivity index (χ2v) is 14.6. The largest absolute Gasteiger partial charge is 0.478 e. The molecule has 2 N–H and O–H groups in total. The first-order chi connectivity index (χ1) is 23.7. The number of carboxylic acid groups (broad SMARTS) is 1. The van der Waals surface area contributed by atoms with Crippen LogP contribution in [0.1, 0.15) is 61.9 Å². The molecule has 6 rings (SSSR count). The quantitative estimate of drug-likeness (QED) is 0.120. The highest BCUT2D eigenvalue weighted by Crippen LogP contribution is 2.38. The van der Waals surface area contributed by atoms with Crippen molar-refractivity contribution < 1.29 is 18.3 Å². The Labute approximate surface area is 293 Å². The first-order valence-corrected chi connectivity index (χ1v) is 18.5. The van der Waals surface area contributed by atoms with Gasteiger partial charge in [-0.05, 0) is 89.9 Å². The minimum absolute atomic E-state index is 0.0809. The molecule has 0 unspecified atom stereocenters. The number of aromatic carboxylic acids is 1. The van der Waals surface area contributed by atoms with E-state index in [1.807, 2.05) is 91.9 Å². The molecule has 1 heterocycles. The maximum atomic E-state index is 13.3.